The first-order chi connectivity index (χ1) is 11.2. The molecule has 0 heterocycles. The number of carbonyl (C=O) groups excluding carboxylic acids is 2. The van der Waals surface area contributed by atoms with E-state index in [0.717, 1.165) is 17.8 Å². The molecule has 0 saturated carbocycles. The molecule has 5 heteroatoms. The van der Waals surface area contributed by atoms with Gasteiger partial charge in [0.05, 0.1) is 11.5 Å². The number of benzene rings is 2. The molecule has 0 atom stereocenters. The quantitative estimate of drug-likeness (QED) is 0.817. The minimum Gasteiger partial charge on any atom is -0.325 e. The number of carbonyl (C=O) groups is 2. The average molecular weight is 328 g/mol. The number of amides is 2. The first-order valence-electron chi connectivity index (χ1n) is 7.49. The molecule has 0 spiro atoms. The van der Waals surface area contributed by atoms with Crippen molar-refractivity contribution in [2.24, 2.45) is 0 Å². The molecule has 0 aliphatic carbocycles. The fraction of sp³-hybridized carbons (Fsp3) is 0.222. The maximum Gasteiger partial charge on any atom is 0.234 e. The Morgan fingerprint density at radius 2 is 1.48 bits per heavy atom. The van der Waals surface area contributed by atoms with E-state index in [9.17, 15) is 9.59 Å². The van der Waals surface area contributed by atoms with E-state index in [0.29, 0.717) is 0 Å². The van der Waals surface area contributed by atoms with Crippen molar-refractivity contribution >= 4 is 35.0 Å². The fourth-order valence-electron chi connectivity index (χ4n) is 2.02. The molecule has 0 bridgehead atoms. The third-order valence-corrected chi connectivity index (χ3v) is 4.08. The van der Waals surface area contributed by atoms with Gasteiger partial charge >= 0.3 is 0 Å². The van der Waals surface area contributed by atoms with Crippen molar-refractivity contribution in [1.82, 2.24) is 0 Å². The van der Waals surface area contributed by atoms with Crippen LogP contribution in [0.4, 0.5) is 11.4 Å². The van der Waals surface area contributed by atoms with Gasteiger partial charge in [-0.05, 0) is 36.2 Å². The predicted molar refractivity (Wildman–Crippen MR) is 96.8 cm³/mol. The monoisotopic (exact) mass is 328 g/mol. The van der Waals surface area contributed by atoms with E-state index in [2.05, 4.69) is 17.6 Å². The van der Waals surface area contributed by atoms with Gasteiger partial charge in [0.2, 0.25) is 11.8 Å². The molecule has 0 fully saturated rings. The van der Waals surface area contributed by atoms with Gasteiger partial charge in [0, 0.05) is 11.4 Å². The number of rotatable bonds is 7. The van der Waals surface area contributed by atoms with Crippen LogP contribution in [-0.2, 0) is 16.0 Å². The number of aryl methyl sites for hydroxylation is 1. The van der Waals surface area contributed by atoms with E-state index in [1.165, 1.54) is 17.3 Å². The van der Waals surface area contributed by atoms with Crippen LogP contribution in [0.3, 0.4) is 0 Å². The molecule has 120 valence electrons. The minimum absolute atomic E-state index is 0.101. The molecule has 0 saturated heterocycles. The third-order valence-electron chi connectivity index (χ3n) is 3.14. The lowest BCUT2D eigenvalue weighted by atomic mass is 10.1. The Bertz CT molecular complexity index is 659. The third kappa shape index (κ3) is 6.16. The Hall–Kier alpha value is -2.27. The Balaban J connectivity index is 1.71. The second kappa shape index (κ2) is 9.00. The molecule has 2 rings (SSSR count). The summed E-state index contributed by atoms with van der Waals surface area (Å²) in [5, 5.41) is 5.64. The standard InChI is InChI=1S/C18H20N2O2S/c1-2-14-7-6-10-16(11-14)20-18(22)13-23-12-17(21)19-15-8-4-3-5-9-15/h3-11H,2,12-13H2,1H3,(H,19,21)(H,20,22). The Labute approximate surface area is 140 Å². The highest BCUT2D eigenvalue weighted by molar-refractivity contribution is 8.00. The summed E-state index contributed by atoms with van der Waals surface area (Å²) >= 11 is 1.29. The highest BCUT2D eigenvalue weighted by Gasteiger charge is 2.06. The van der Waals surface area contributed by atoms with Gasteiger partial charge in [0.25, 0.3) is 0 Å². The summed E-state index contributed by atoms with van der Waals surface area (Å²) in [5.41, 5.74) is 2.74. The SMILES string of the molecule is CCc1cccc(NC(=O)CSCC(=O)Nc2ccccc2)c1. The summed E-state index contributed by atoms with van der Waals surface area (Å²) in [4.78, 5) is 23.7. The molecule has 2 aromatic rings. The summed E-state index contributed by atoms with van der Waals surface area (Å²) in [7, 11) is 0. The van der Waals surface area contributed by atoms with Gasteiger partial charge in [-0.25, -0.2) is 0 Å². The lowest BCUT2D eigenvalue weighted by molar-refractivity contribution is -0.114. The van der Waals surface area contributed by atoms with E-state index in [1.54, 1.807) is 0 Å². The summed E-state index contributed by atoms with van der Waals surface area (Å²) in [6, 6.07) is 17.1. The average Bonchev–Trinajstić information content (AvgIpc) is 2.56. The number of para-hydroxylation sites is 1. The number of hydrogen-bond acceptors (Lipinski definition) is 3. The minimum atomic E-state index is -0.109. The van der Waals surface area contributed by atoms with Crippen LogP contribution in [0.1, 0.15) is 12.5 Å². The van der Waals surface area contributed by atoms with Crippen LogP contribution in [-0.4, -0.2) is 23.3 Å². The molecule has 0 radical (unpaired) electrons. The van der Waals surface area contributed by atoms with Gasteiger partial charge in [-0.15, -0.1) is 11.8 Å². The van der Waals surface area contributed by atoms with E-state index in [4.69, 9.17) is 0 Å². The van der Waals surface area contributed by atoms with Crippen molar-refractivity contribution in [3.8, 4) is 0 Å². The van der Waals surface area contributed by atoms with Gasteiger partial charge in [-0.1, -0.05) is 37.3 Å². The Morgan fingerprint density at radius 3 is 2.13 bits per heavy atom. The van der Waals surface area contributed by atoms with Crippen LogP contribution in [0.2, 0.25) is 0 Å². The van der Waals surface area contributed by atoms with Gasteiger partial charge in [-0.3, -0.25) is 9.59 Å². The molecular weight excluding hydrogens is 308 g/mol. The summed E-state index contributed by atoms with van der Waals surface area (Å²) < 4.78 is 0. The molecule has 4 nitrogen and oxygen atoms in total. The van der Waals surface area contributed by atoms with Crippen molar-refractivity contribution < 1.29 is 9.59 Å². The van der Waals surface area contributed by atoms with Gasteiger partial charge < -0.3 is 10.6 Å². The van der Waals surface area contributed by atoms with Crippen molar-refractivity contribution in [3.63, 3.8) is 0 Å². The topological polar surface area (TPSA) is 58.2 Å². The van der Waals surface area contributed by atoms with Crippen LogP contribution in [0.5, 0.6) is 0 Å². The van der Waals surface area contributed by atoms with Crippen LogP contribution in [0.25, 0.3) is 0 Å². The molecular formula is C18H20N2O2S. The molecule has 0 aromatic heterocycles. The van der Waals surface area contributed by atoms with Crippen molar-refractivity contribution in [1.29, 1.82) is 0 Å². The first-order valence-corrected chi connectivity index (χ1v) is 8.64. The zero-order valence-electron chi connectivity index (χ0n) is 13.0. The largest absolute Gasteiger partial charge is 0.325 e. The smallest absolute Gasteiger partial charge is 0.234 e. The fourth-order valence-corrected chi connectivity index (χ4v) is 2.64. The Morgan fingerprint density at radius 1 is 0.870 bits per heavy atom. The van der Waals surface area contributed by atoms with Crippen molar-refractivity contribution in [3.05, 3.63) is 60.2 Å². The lowest BCUT2D eigenvalue weighted by Gasteiger charge is -2.07. The zero-order valence-corrected chi connectivity index (χ0v) is 13.9. The second-order valence-electron chi connectivity index (χ2n) is 5.01. The number of anilines is 2. The van der Waals surface area contributed by atoms with E-state index in [1.807, 2.05) is 54.6 Å². The molecule has 0 aliphatic rings. The second-order valence-corrected chi connectivity index (χ2v) is 5.99. The van der Waals surface area contributed by atoms with Crippen LogP contribution in [0, 0.1) is 0 Å². The van der Waals surface area contributed by atoms with Crippen molar-refractivity contribution in [2.45, 2.75) is 13.3 Å². The molecule has 2 amide bonds. The van der Waals surface area contributed by atoms with Gasteiger partial charge in [-0.2, -0.15) is 0 Å². The van der Waals surface area contributed by atoms with Gasteiger partial charge in [0.15, 0.2) is 0 Å². The van der Waals surface area contributed by atoms with Gasteiger partial charge in [0.1, 0.15) is 0 Å². The van der Waals surface area contributed by atoms with E-state index in [-0.39, 0.29) is 23.3 Å². The maximum atomic E-state index is 11.9. The number of nitrogens with one attached hydrogen (secondary N) is 2. The van der Waals surface area contributed by atoms with Crippen LogP contribution in [0.15, 0.2) is 54.6 Å². The Kier molecular flexibility index (Phi) is 6.69. The number of hydrogen-bond donors (Lipinski definition) is 2. The normalized spacial score (nSPS) is 10.1. The predicted octanol–water partition coefficient (Wildman–Crippen LogP) is 3.56. The van der Waals surface area contributed by atoms with Crippen molar-refractivity contribution in [2.75, 3.05) is 22.1 Å². The molecule has 2 aromatic carbocycles. The first kappa shape index (κ1) is 17.1. The number of thioether (sulfide) groups is 1. The maximum absolute atomic E-state index is 11.9. The van der Waals surface area contributed by atoms with E-state index >= 15 is 0 Å². The van der Waals surface area contributed by atoms with Crippen LogP contribution >= 0.6 is 11.8 Å². The zero-order chi connectivity index (χ0) is 16.5. The summed E-state index contributed by atoms with van der Waals surface area (Å²) in [6.45, 7) is 2.07. The highest BCUT2D eigenvalue weighted by atomic mass is 32.2. The van der Waals surface area contributed by atoms with E-state index < -0.39 is 0 Å². The molecule has 0 aliphatic heterocycles. The van der Waals surface area contributed by atoms with Crippen LogP contribution < -0.4 is 10.6 Å². The molecule has 0 unspecified atom stereocenters. The summed E-state index contributed by atoms with van der Waals surface area (Å²) in [6.07, 6.45) is 0.929. The molecule has 2 N–H and O–H groups in total. The summed E-state index contributed by atoms with van der Waals surface area (Å²) in [5.74, 6) is 0.285. The highest BCUT2D eigenvalue weighted by Crippen LogP contribution is 2.12. The molecule has 23 heavy (non-hydrogen) atoms. The lowest BCUT2D eigenvalue weighted by Crippen LogP contribution is -2.18.